The molecule has 3 atom stereocenters. The Labute approximate surface area is 157 Å². The molecule has 0 radical (unpaired) electrons. The average Bonchev–Trinajstić information content (AvgIpc) is 3.05. The van der Waals surface area contributed by atoms with Crippen molar-refractivity contribution in [1.82, 2.24) is 9.80 Å². The van der Waals surface area contributed by atoms with Crippen LogP contribution in [0.2, 0.25) is 0 Å². The molecule has 0 saturated carbocycles. The number of amides is 1. The van der Waals surface area contributed by atoms with E-state index in [2.05, 4.69) is 9.80 Å². The number of carbonyl (C=O) groups is 1. The molecule has 24 heavy (non-hydrogen) atoms. The molecule has 6 nitrogen and oxygen atoms in total. The third kappa shape index (κ3) is 5.44. The van der Waals surface area contributed by atoms with E-state index in [1.165, 1.54) is 6.42 Å². The van der Waals surface area contributed by atoms with Crippen molar-refractivity contribution in [3.63, 3.8) is 0 Å². The lowest BCUT2D eigenvalue weighted by Gasteiger charge is -2.40. The molecular formula is C16H31Cl2N3O3. The largest absolute Gasteiger partial charge is 0.379 e. The molecule has 0 aromatic heterocycles. The summed E-state index contributed by atoms with van der Waals surface area (Å²) in [5.41, 5.74) is 5.66. The first kappa shape index (κ1) is 21.9. The lowest BCUT2D eigenvalue weighted by atomic mass is 10.00. The van der Waals surface area contributed by atoms with Gasteiger partial charge in [0.2, 0.25) is 0 Å². The standard InChI is InChI=1S/C16H29N3O3.2ClH/c17-11-14-4-5-15(22-14)16(20)19-6-2-1-3-13(19)12-18-7-9-21-10-8-18;;/h13-15H,1-12,17H2;2*1H/t13?,14-,15+;;/m1../s1. The highest BCUT2D eigenvalue weighted by Gasteiger charge is 2.37. The first-order chi connectivity index (χ1) is 10.8. The van der Waals surface area contributed by atoms with E-state index in [1.807, 2.05) is 0 Å². The molecule has 2 N–H and O–H groups in total. The van der Waals surface area contributed by atoms with E-state index < -0.39 is 0 Å². The summed E-state index contributed by atoms with van der Waals surface area (Å²) >= 11 is 0. The minimum Gasteiger partial charge on any atom is -0.379 e. The monoisotopic (exact) mass is 383 g/mol. The number of nitrogens with two attached hydrogens (primary N) is 1. The van der Waals surface area contributed by atoms with Crippen LogP contribution in [0, 0.1) is 0 Å². The molecule has 3 aliphatic heterocycles. The van der Waals surface area contributed by atoms with E-state index >= 15 is 0 Å². The van der Waals surface area contributed by atoms with Crippen molar-refractivity contribution < 1.29 is 14.3 Å². The number of carbonyl (C=O) groups excluding carboxylic acids is 1. The van der Waals surface area contributed by atoms with Gasteiger partial charge < -0.3 is 20.1 Å². The molecule has 0 aromatic rings. The Kier molecular flexibility index (Phi) is 9.86. The summed E-state index contributed by atoms with van der Waals surface area (Å²) < 4.78 is 11.2. The van der Waals surface area contributed by atoms with Crippen LogP contribution < -0.4 is 5.73 Å². The number of ether oxygens (including phenoxy) is 2. The van der Waals surface area contributed by atoms with Gasteiger partial charge in [-0.2, -0.15) is 0 Å². The quantitative estimate of drug-likeness (QED) is 0.785. The Hall–Kier alpha value is -0.110. The summed E-state index contributed by atoms with van der Waals surface area (Å²) in [7, 11) is 0. The zero-order valence-corrected chi connectivity index (χ0v) is 15.9. The molecule has 3 fully saturated rings. The summed E-state index contributed by atoms with van der Waals surface area (Å²) in [5.74, 6) is 0.189. The third-order valence-electron chi connectivity index (χ3n) is 5.13. The van der Waals surface area contributed by atoms with E-state index in [4.69, 9.17) is 15.2 Å². The van der Waals surface area contributed by atoms with Gasteiger partial charge in [-0.15, -0.1) is 24.8 Å². The summed E-state index contributed by atoms with van der Waals surface area (Å²) in [6.07, 6.45) is 4.97. The smallest absolute Gasteiger partial charge is 0.252 e. The van der Waals surface area contributed by atoms with Crippen LogP contribution in [-0.4, -0.2) is 79.9 Å². The van der Waals surface area contributed by atoms with Gasteiger partial charge in [0.15, 0.2) is 0 Å². The average molecular weight is 384 g/mol. The maximum absolute atomic E-state index is 12.8. The van der Waals surface area contributed by atoms with Crippen molar-refractivity contribution >= 4 is 30.7 Å². The van der Waals surface area contributed by atoms with Gasteiger partial charge in [-0.05, 0) is 32.1 Å². The zero-order chi connectivity index (χ0) is 15.4. The highest BCUT2D eigenvalue weighted by molar-refractivity contribution is 5.85. The summed E-state index contributed by atoms with van der Waals surface area (Å²) in [5, 5.41) is 0. The van der Waals surface area contributed by atoms with Gasteiger partial charge in [-0.1, -0.05) is 0 Å². The fourth-order valence-electron chi connectivity index (χ4n) is 3.81. The second kappa shape index (κ2) is 10.8. The first-order valence-corrected chi connectivity index (χ1v) is 8.74. The predicted molar refractivity (Wildman–Crippen MR) is 98.1 cm³/mol. The van der Waals surface area contributed by atoms with Crippen LogP contribution >= 0.6 is 24.8 Å². The molecule has 8 heteroatoms. The highest BCUT2D eigenvalue weighted by Crippen LogP contribution is 2.25. The maximum atomic E-state index is 12.8. The van der Waals surface area contributed by atoms with Crippen molar-refractivity contribution in [3.8, 4) is 0 Å². The van der Waals surface area contributed by atoms with Crippen molar-refractivity contribution in [2.24, 2.45) is 5.73 Å². The van der Waals surface area contributed by atoms with E-state index in [0.717, 1.165) is 65.1 Å². The van der Waals surface area contributed by atoms with Crippen LogP contribution in [0.15, 0.2) is 0 Å². The van der Waals surface area contributed by atoms with Gasteiger partial charge in [0.05, 0.1) is 19.3 Å². The fraction of sp³-hybridized carbons (Fsp3) is 0.938. The summed E-state index contributed by atoms with van der Waals surface area (Å²) in [6, 6.07) is 0.333. The Morgan fingerprint density at radius 2 is 1.79 bits per heavy atom. The summed E-state index contributed by atoms with van der Waals surface area (Å²) in [6.45, 7) is 5.95. The number of nitrogens with zero attached hydrogens (tertiary/aromatic N) is 2. The topological polar surface area (TPSA) is 68.0 Å². The molecule has 142 valence electrons. The Balaban J connectivity index is 0.00000144. The van der Waals surface area contributed by atoms with E-state index in [0.29, 0.717) is 12.6 Å². The fourth-order valence-corrected chi connectivity index (χ4v) is 3.81. The van der Waals surface area contributed by atoms with Gasteiger partial charge in [0.25, 0.3) is 5.91 Å². The number of piperidine rings is 1. The van der Waals surface area contributed by atoms with Crippen LogP contribution in [0.3, 0.4) is 0 Å². The molecule has 0 aliphatic carbocycles. The Morgan fingerprint density at radius 3 is 2.46 bits per heavy atom. The number of hydrogen-bond donors (Lipinski definition) is 1. The lowest BCUT2D eigenvalue weighted by molar-refractivity contribution is -0.147. The van der Waals surface area contributed by atoms with Gasteiger partial charge in [0, 0.05) is 38.8 Å². The number of rotatable bonds is 4. The zero-order valence-electron chi connectivity index (χ0n) is 14.2. The van der Waals surface area contributed by atoms with Gasteiger partial charge >= 0.3 is 0 Å². The minimum atomic E-state index is -0.265. The van der Waals surface area contributed by atoms with Crippen molar-refractivity contribution in [2.75, 3.05) is 45.9 Å². The second-order valence-electron chi connectivity index (χ2n) is 6.65. The van der Waals surface area contributed by atoms with E-state index in [-0.39, 0.29) is 42.9 Å². The molecule has 1 unspecified atom stereocenters. The summed E-state index contributed by atoms with van der Waals surface area (Å²) in [4.78, 5) is 17.3. The van der Waals surface area contributed by atoms with Crippen LogP contribution in [-0.2, 0) is 14.3 Å². The number of likely N-dealkylation sites (tertiary alicyclic amines) is 1. The second-order valence-corrected chi connectivity index (χ2v) is 6.65. The molecular weight excluding hydrogens is 353 g/mol. The molecule has 0 aromatic carbocycles. The normalized spacial score (nSPS) is 31.2. The molecule has 3 saturated heterocycles. The van der Waals surface area contributed by atoms with Gasteiger partial charge in [0.1, 0.15) is 6.10 Å². The van der Waals surface area contributed by atoms with Crippen molar-refractivity contribution in [1.29, 1.82) is 0 Å². The highest BCUT2D eigenvalue weighted by atomic mass is 35.5. The third-order valence-corrected chi connectivity index (χ3v) is 5.13. The van der Waals surface area contributed by atoms with E-state index in [1.54, 1.807) is 0 Å². The molecule has 1 amide bonds. The minimum absolute atomic E-state index is 0. The Bertz CT molecular complexity index is 384. The molecule has 3 rings (SSSR count). The molecule has 3 heterocycles. The van der Waals surface area contributed by atoms with Crippen LogP contribution in [0.1, 0.15) is 32.1 Å². The number of hydrogen-bond acceptors (Lipinski definition) is 5. The predicted octanol–water partition coefficient (Wildman–Crippen LogP) is 1.05. The molecule has 3 aliphatic rings. The van der Waals surface area contributed by atoms with Crippen molar-refractivity contribution in [2.45, 2.75) is 50.4 Å². The molecule has 0 spiro atoms. The first-order valence-electron chi connectivity index (χ1n) is 8.74. The van der Waals surface area contributed by atoms with Gasteiger partial charge in [-0.25, -0.2) is 0 Å². The van der Waals surface area contributed by atoms with Gasteiger partial charge in [-0.3, -0.25) is 9.69 Å². The Morgan fingerprint density at radius 1 is 1.04 bits per heavy atom. The van der Waals surface area contributed by atoms with Crippen LogP contribution in [0.4, 0.5) is 0 Å². The maximum Gasteiger partial charge on any atom is 0.252 e. The number of morpholine rings is 1. The lowest BCUT2D eigenvalue weighted by Crippen LogP contribution is -2.53. The van der Waals surface area contributed by atoms with Crippen molar-refractivity contribution in [3.05, 3.63) is 0 Å². The van der Waals surface area contributed by atoms with E-state index in [9.17, 15) is 4.79 Å². The van der Waals surface area contributed by atoms with Crippen LogP contribution in [0.25, 0.3) is 0 Å². The number of halogens is 2. The molecule has 0 bridgehead atoms. The van der Waals surface area contributed by atoms with Crippen LogP contribution in [0.5, 0.6) is 0 Å². The SMILES string of the molecule is Cl.Cl.NC[C@H]1CC[C@@H](C(=O)N2CCCCC2CN2CCOCC2)O1.